The Hall–Kier alpha value is -2.89. The molecule has 0 aliphatic carbocycles. The van der Waals surface area contributed by atoms with E-state index in [1.165, 1.54) is 0 Å². The molecule has 0 radical (unpaired) electrons. The van der Waals surface area contributed by atoms with Crippen molar-refractivity contribution in [2.45, 2.75) is 13.0 Å². The molecule has 2 aromatic heterocycles. The Bertz CT molecular complexity index is 843. The predicted octanol–water partition coefficient (Wildman–Crippen LogP) is 2.38. The van der Waals surface area contributed by atoms with Gasteiger partial charge in [0.25, 0.3) is 0 Å². The Balaban J connectivity index is 1.85. The minimum absolute atomic E-state index is 0.0114. The first-order valence-corrected chi connectivity index (χ1v) is 7.16. The van der Waals surface area contributed by atoms with Gasteiger partial charge in [-0.2, -0.15) is 15.2 Å². The summed E-state index contributed by atoms with van der Waals surface area (Å²) in [5, 5.41) is 12.0. The van der Waals surface area contributed by atoms with Crippen LogP contribution >= 0.6 is 0 Å². The van der Waals surface area contributed by atoms with Crippen molar-refractivity contribution in [3.63, 3.8) is 0 Å². The zero-order chi connectivity index (χ0) is 15.1. The number of nitrogens with one attached hydrogen (secondary N) is 1. The van der Waals surface area contributed by atoms with Gasteiger partial charge >= 0.3 is 0 Å². The van der Waals surface area contributed by atoms with E-state index in [9.17, 15) is 0 Å². The molecule has 4 rings (SSSR count). The van der Waals surface area contributed by atoms with Crippen molar-refractivity contribution in [1.82, 2.24) is 24.5 Å². The lowest BCUT2D eigenvalue weighted by Gasteiger charge is -2.24. The maximum atomic E-state index is 4.35. The molecule has 0 fully saturated rings. The molecule has 0 saturated heterocycles. The van der Waals surface area contributed by atoms with Crippen molar-refractivity contribution in [3.8, 4) is 0 Å². The van der Waals surface area contributed by atoms with E-state index in [0.717, 1.165) is 28.5 Å². The zero-order valence-electron chi connectivity index (χ0n) is 12.4. The molecule has 0 saturated carbocycles. The average Bonchev–Trinajstić information content (AvgIpc) is 3.15. The van der Waals surface area contributed by atoms with Gasteiger partial charge in [-0.1, -0.05) is 30.3 Å². The first kappa shape index (κ1) is 12.8. The SMILES string of the molecule is Cc1c([C@H]2C=C(c3ccccc3)Nc3ncnn32)cnn1C. The molecule has 0 unspecified atom stereocenters. The van der Waals surface area contributed by atoms with Crippen LogP contribution in [0.4, 0.5) is 5.95 Å². The predicted molar refractivity (Wildman–Crippen MR) is 84.1 cm³/mol. The van der Waals surface area contributed by atoms with Gasteiger partial charge < -0.3 is 5.32 Å². The monoisotopic (exact) mass is 292 g/mol. The van der Waals surface area contributed by atoms with E-state index in [4.69, 9.17) is 0 Å². The number of nitrogens with zero attached hydrogens (tertiary/aromatic N) is 5. The van der Waals surface area contributed by atoms with Crippen LogP contribution in [0.2, 0.25) is 0 Å². The van der Waals surface area contributed by atoms with E-state index in [1.807, 2.05) is 40.8 Å². The van der Waals surface area contributed by atoms with Gasteiger partial charge in [0.1, 0.15) is 12.4 Å². The highest BCUT2D eigenvalue weighted by atomic mass is 15.4. The summed E-state index contributed by atoms with van der Waals surface area (Å²) in [5.74, 6) is 0.745. The summed E-state index contributed by atoms with van der Waals surface area (Å²) in [6, 6.07) is 10.2. The van der Waals surface area contributed by atoms with Gasteiger partial charge in [-0.25, -0.2) is 4.68 Å². The molecule has 1 aliphatic rings. The Morgan fingerprint density at radius 3 is 2.68 bits per heavy atom. The van der Waals surface area contributed by atoms with Crippen LogP contribution in [-0.2, 0) is 7.05 Å². The van der Waals surface area contributed by atoms with Crippen LogP contribution in [0.5, 0.6) is 0 Å². The second kappa shape index (κ2) is 4.84. The maximum Gasteiger partial charge on any atom is 0.226 e. The van der Waals surface area contributed by atoms with E-state index in [2.05, 4.69) is 45.6 Å². The molecule has 1 N–H and O–H groups in total. The van der Waals surface area contributed by atoms with Crippen LogP contribution < -0.4 is 5.32 Å². The Morgan fingerprint density at radius 1 is 1.14 bits per heavy atom. The summed E-state index contributed by atoms with van der Waals surface area (Å²) in [7, 11) is 1.95. The van der Waals surface area contributed by atoms with Gasteiger partial charge in [-0.05, 0) is 18.6 Å². The first-order valence-electron chi connectivity index (χ1n) is 7.16. The summed E-state index contributed by atoms with van der Waals surface area (Å²) >= 11 is 0. The molecule has 3 heterocycles. The fraction of sp³-hybridized carbons (Fsp3) is 0.188. The molecule has 1 aliphatic heterocycles. The topological polar surface area (TPSA) is 60.6 Å². The maximum absolute atomic E-state index is 4.35. The van der Waals surface area contributed by atoms with Crippen molar-refractivity contribution in [3.05, 3.63) is 65.8 Å². The number of allylic oxidation sites excluding steroid dienone is 1. The highest BCUT2D eigenvalue weighted by Crippen LogP contribution is 2.32. The van der Waals surface area contributed by atoms with E-state index in [0.29, 0.717) is 0 Å². The third kappa shape index (κ3) is 1.92. The molecular formula is C16H16N6. The molecule has 6 nitrogen and oxygen atoms in total. The van der Waals surface area contributed by atoms with Crippen molar-refractivity contribution in [2.75, 3.05) is 5.32 Å². The van der Waals surface area contributed by atoms with Gasteiger partial charge in [-0.15, -0.1) is 0 Å². The quantitative estimate of drug-likeness (QED) is 0.788. The number of aryl methyl sites for hydroxylation is 1. The molecule has 3 aromatic rings. The fourth-order valence-corrected chi connectivity index (χ4v) is 2.75. The lowest BCUT2D eigenvalue weighted by Crippen LogP contribution is -2.20. The van der Waals surface area contributed by atoms with Crippen molar-refractivity contribution >= 4 is 11.6 Å². The van der Waals surface area contributed by atoms with E-state index >= 15 is 0 Å². The minimum Gasteiger partial charge on any atom is -0.324 e. The lowest BCUT2D eigenvalue weighted by atomic mass is 10.0. The molecular weight excluding hydrogens is 276 g/mol. The highest BCUT2D eigenvalue weighted by Gasteiger charge is 2.25. The number of hydrogen-bond acceptors (Lipinski definition) is 4. The summed E-state index contributed by atoms with van der Waals surface area (Å²) in [5.41, 5.74) is 4.42. The Kier molecular flexibility index (Phi) is 2.82. The average molecular weight is 292 g/mol. The number of benzene rings is 1. The molecule has 6 heteroatoms. The third-order valence-electron chi connectivity index (χ3n) is 4.08. The molecule has 22 heavy (non-hydrogen) atoms. The zero-order valence-corrected chi connectivity index (χ0v) is 12.4. The molecule has 0 spiro atoms. The van der Waals surface area contributed by atoms with Crippen molar-refractivity contribution in [2.24, 2.45) is 7.05 Å². The van der Waals surface area contributed by atoms with Crippen LogP contribution in [-0.4, -0.2) is 24.5 Å². The normalized spacial score (nSPS) is 16.8. The highest BCUT2D eigenvalue weighted by molar-refractivity contribution is 5.77. The number of anilines is 1. The van der Waals surface area contributed by atoms with Crippen LogP contribution in [0.25, 0.3) is 5.70 Å². The summed E-state index contributed by atoms with van der Waals surface area (Å²) in [4.78, 5) is 4.32. The summed E-state index contributed by atoms with van der Waals surface area (Å²) in [6.45, 7) is 2.07. The smallest absolute Gasteiger partial charge is 0.226 e. The van der Waals surface area contributed by atoms with E-state index in [1.54, 1.807) is 6.33 Å². The summed E-state index contributed by atoms with van der Waals surface area (Å²) < 4.78 is 3.76. The molecule has 0 bridgehead atoms. The molecule has 110 valence electrons. The van der Waals surface area contributed by atoms with Gasteiger partial charge in [0.15, 0.2) is 0 Å². The molecule has 0 amide bonds. The summed E-state index contributed by atoms with van der Waals surface area (Å²) in [6.07, 6.45) is 5.64. The number of rotatable bonds is 2. The second-order valence-electron chi connectivity index (χ2n) is 5.35. The third-order valence-corrected chi connectivity index (χ3v) is 4.08. The van der Waals surface area contributed by atoms with Crippen LogP contribution in [0.3, 0.4) is 0 Å². The molecule has 1 atom stereocenters. The van der Waals surface area contributed by atoms with Crippen LogP contribution in [0.1, 0.15) is 22.9 Å². The van der Waals surface area contributed by atoms with Gasteiger partial charge in [0.05, 0.1) is 6.20 Å². The number of fused-ring (bicyclic) bond motifs is 1. The van der Waals surface area contributed by atoms with Crippen LogP contribution in [0, 0.1) is 6.92 Å². The number of hydrogen-bond donors (Lipinski definition) is 1. The van der Waals surface area contributed by atoms with Gasteiger partial charge in [-0.3, -0.25) is 4.68 Å². The fourth-order valence-electron chi connectivity index (χ4n) is 2.75. The number of aromatic nitrogens is 5. The standard InChI is InChI=1S/C16H16N6/c1-11-13(9-18-21(11)2)15-8-14(12-6-4-3-5-7-12)20-16-17-10-19-22(15)16/h3-10,15H,1-2H3,(H,17,19,20)/t15-/m1/s1. The van der Waals surface area contributed by atoms with E-state index < -0.39 is 0 Å². The van der Waals surface area contributed by atoms with E-state index in [-0.39, 0.29) is 6.04 Å². The lowest BCUT2D eigenvalue weighted by molar-refractivity contribution is 0.607. The van der Waals surface area contributed by atoms with Gasteiger partial charge in [0, 0.05) is 24.0 Å². The Labute approximate surface area is 128 Å². The van der Waals surface area contributed by atoms with Crippen molar-refractivity contribution in [1.29, 1.82) is 0 Å². The molecule has 1 aromatic carbocycles. The second-order valence-corrected chi connectivity index (χ2v) is 5.35. The largest absolute Gasteiger partial charge is 0.324 e. The first-order chi connectivity index (χ1) is 10.7. The minimum atomic E-state index is -0.0114. The van der Waals surface area contributed by atoms with Crippen molar-refractivity contribution < 1.29 is 0 Å². The Morgan fingerprint density at radius 2 is 1.95 bits per heavy atom. The van der Waals surface area contributed by atoms with Gasteiger partial charge in [0.2, 0.25) is 5.95 Å². The van der Waals surface area contributed by atoms with Crippen LogP contribution in [0.15, 0.2) is 48.9 Å².